The van der Waals surface area contributed by atoms with Crippen LogP contribution >= 0.6 is 11.3 Å². The molecule has 0 aliphatic heterocycles. The van der Waals surface area contributed by atoms with Crippen LogP contribution in [-0.2, 0) is 17.8 Å². The lowest BCUT2D eigenvalue weighted by atomic mass is 10.1. The van der Waals surface area contributed by atoms with Crippen LogP contribution in [0.2, 0.25) is 0 Å². The number of hydrogen-bond acceptors (Lipinski definition) is 4. The van der Waals surface area contributed by atoms with Gasteiger partial charge in [0.15, 0.2) is 11.5 Å². The first kappa shape index (κ1) is 19.2. The number of ether oxygens (including phenoxy) is 2. The smallest absolute Gasteiger partial charge is 0.224 e. The summed E-state index contributed by atoms with van der Waals surface area (Å²) in [5.74, 6) is 1.40. The average Bonchev–Trinajstić information content (AvgIpc) is 3.02. The number of fused-ring (bicyclic) bond motifs is 1. The number of hydrogen-bond donors (Lipinski definition) is 1. The highest BCUT2D eigenvalue weighted by molar-refractivity contribution is 7.17. The van der Waals surface area contributed by atoms with Gasteiger partial charge >= 0.3 is 0 Å². The van der Waals surface area contributed by atoms with E-state index in [9.17, 15) is 4.79 Å². The first-order valence-corrected chi connectivity index (χ1v) is 9.91. The maximum absolute atomic E-state index is 12.4. The maximum atomic E-state index is 12.4. The van der Waals surface area contributed by atoms with Gasteiger partial charge in [-0.3, -0.25) is 4.79 Å². The maximum Gasteiger partial charge on any atom is 0.224 e. The molecule has 1 amide bonds. The van der Waals surface area contributed by atoms with E-state index < -0.39 is 0 Å². The van der Waals surface area contributed by atoms with E-state index in [0.717, 1.165) is 11.1 Å². The van der Waals surface area contributed by atoms with Crippen LogP contribution in [0.3, 0.4) is 0 Å². The Morgan fingerprint density at radius 3 is 2.70 bits per heavy atom. The molecular weight excluding hydrogens is 358 g/mol. The van der Waals surface area contributed by atoms with Crippen molar-refractivity contribution in [2.24, 2.45) is 0 Å². The zero-order valence-corrected chi connectivity index (χ0v) is 17.0. The minimum Gasteiger partial charge on any atom is -0.493 e. The number of carbonyl (C=O) groups excluding carboxylic acids is 1. The van der Waals surface area contributed by atoms with Gasteiger partial charge in [0.05, 0.1) is 19.6 Å². The number of aryl methyl sites for hydroxylation is 1. The molecule has 27 heavy (non-hydrogen) atoms. The molecule has 4 nitrogen and oxygen atoms in total. The van der Waals surface area contributed by atoms with Gasteiger partial charge in [-0.25, -0.2) is 0 Å². The molecule has 0 saturated heterocycles. The number of methoxy groups -OCH3 is 1. The van der Waals surface area contributed by atoms with Crippen molar-refractivity contribution in [2.75, 3.05) is 7.11 Å². The molecule has 1 N–H and O–H groups in total. The number of rotatable bonds is 7. The van der Waals surface area contributed by atoms with Crippen LogP contribution in [0.5, 0.6) is 11.5 Å². The molecule has 3 rings (SSSR count). The monoisotopic (exact) mass is 383 g/mol. The zero-order valence-electron chi connectivity index (χ0n) is 16.2. The lowest BCUT2D eigenvalue weighted by Gasteiger charge is -2.14. The van der Waals surface area contributed by atoms with Gasteiger partial charge < -0.3 is 14.8 Å². The Labute approximate surface area is 164 Å². The van der Waals surface area contributed by atoms with Crippen molar-refractivity contribution in [1.29, 1.82) is 0 Å². The van der Waals surface area contributed by atoms with E-state index in [1.807, 2.05) is 32.0 Å². The molecule has 0 fully saturated rings. The van der Waals surface area contributed by atoms with Crippen molar-refractivity contribution in [3.05, 3.63) is 58.5 Å². The van der Waals surface area contributed by atoms with Gasteiger partial charge in [0.25, 0.3) is 0 Å². The van der Waals surface area contributed by atoms with Gasteiger partial charge in [0.2, 0.25) is 5.91 Å². The van der Waals surface area contributed by atoms with Gasteiger partial charge in [-0.05, 0) is 60.9 Å². The predicted octanol–water partition coefficient (Wildman–Crippen LogP) is 4.86. The zero-order chi connectivity index (χ0) is 19.4. The second-order valence-corrected chi connectivity index (χ2v) is 7.78. The summed E-state index contributed by atoms with van der Waals surface area (Å²) in [6.45, 7) is 6.48. The molecule has 0 atom stereocenters. The molecule has 0 spiro atoms. The molecule has 142 valence electrons. The molecule has 1 heterocycles. The van der Waals surface area contributed by atoms with Gasteiger partial charge in [0.1, 0.15) is 0 Å². The number of thiophene rings is 1. The van der Waals surface area contributed by atoms with E-state index in [1.54, 1.807) is 18.4 Å². The minimum absolute atomic E-state index is 0.0117. The molecule has 0 radical (unpaired) electrons. The Morgan fingerprint density at radius 1 is 1.15 bits per heavy atom. The van der Waals surface area contributed by atoms with Crippen LogP contribution in [0.4, 0.5) is 0 Å². The highest BCUT2D eigenvalue weighted by atomic mass is 32.1. The lowest BCUT2D eigenvalue weighted by Crippen LogP contribution is -2.24. The van der Waals surface area contributed by atoms with Crippen molar-refractivity contribution in [3.63, 3.8) is 0 Å². The van der Waals surface area contributed by atoms with Crippen molar-refractivity contribution in [1.82, 2.24) is 5.32 Å². The number of nitrogens with one attached hydrogen (secondary N) is 1. The fourth-order valence-electron chi connectivity index (χ4n) is 2.94. The Bertz CT molecular complexity index is 946. The van der Waals surface area contributed by atoms with Crippen molar-refractivity contribution >= 4 is 27.3 Å². The van der Waals surface area contributed by atoms with Crippen molar-refractivity contribution < 1.29 is 14.3 Å². The second-order valence-electron chi connectivity index (χ2n) is 6.87. The van der Waals surface area contributed by atoms with Crippen LogP contribution in [-0.4, -0.2) is 19.1 Å². The third-order valence-electron chi connectivity index (χ3n) is 4.24. The van der Waals surface area contributed by atoms with Gasteiger partial charge in [-0.2, -0.15) is 0 Å². The second kappa shape index (κ2) is 8.44. The van der Waals surface area contributed by atoms with E-state index in [4.69, 9.17) is 9.47 Å². The van der Waals surface area contributed by atoms with Crippen molar-refractivity contribution in [3.8, 4) is 11.5 Å². The topological polar surface area (TPSA) is 47.6 Å². The number of amides is 1. The minimum atomic E-state index is 0.0117. The number of benzene rings is 2. The predicted molar refractivity (Wildman–Crippen MR) is 111 cm³/mol. The summed E-state index contributed by atoms with van der Waals surface area (Å²) >= 11 is 1.68. The van der Waals surface area contributed by atoms with Crippen LogP contribution in [0.25, 0.3) is 10.1 Å². The van der Waals surface area contributed by atoms with E-state index in [0.29, 0.717) is 24.5 Å². The van der Waals surface area contributed by atoms with Gasteiger partial charge in [-0.15, -0.1) is 11.3 Å². The normalized spacial score (nSPS) is 11.0. The third-order valence-corrected chi connectivity index (χ3v) is 5.25. The van der Waals surface area contributed by atoms with E-state index in [-0.39, 0.29) is 12.0 Å². The third kappa shape index (κ3) is 4.80. The first-order valence-electron chi connectivity index (χ1n) is 9.03. The Morgan fingerprint density at radius 2 is 1.96 bits per heavy atom. The van der Waals surface area contributed by atoms with E-state index >= 15 is 0 Å². The van der Waals surface area contributed by atoms with Crippen LogP contribution in [0.15, 0.2) is 41.8 Å². The molecule has 0 aliphatic carbocycles. The summed E-state index contributed by atoms with van der Waals surface area (Å²) < 4.78 is 12.3. The summed E-state index contributed by atoms with van der Waals surface area (Å²) in [6, 6.07) is 12.1. The standard InChI is InChI=1S/C22H25NO3S/c1-14(2)26-19-7-6-16(10-20(19)25-4)12-23-22(24)11-17-13-27-21-8-5-15(3)9-18(17)21/h5-10,13-14H,11-12H2,1-4H3,(H,23,24). The quantitative estimate of drug-likeness (QED) is 0.633. The number of carbonyl (C=O) groups is 1. The molecular formula is C22H25NO3S. The van der Waals surface area contributed by atoms with Crippen LogP contribution < -0.4 is 14.8 Å². The summed E-state index contributed by atoms with van der Waals surface area (Å²) in [4.78, 5) is 12.4. The SMILES string of the molecule is COc1cc(CNC(=O)Cc2csc3ccc(C)cc23)ccc1OC(C)C. The fraction of sp³-hybridized carbons (Fsp3) is 0.318. The van der Waals surface area contributed by atoms with Gasteiger partial charge in [0, 0.05) is 11.2 Å². The summed E-state index contributed by atoms with van der Waals surface area (Å²) in [7, 11) is 1.62. The van der Waals surface area contributed by atoms with Gasteiger partial charge in [-0.1, -0.05) is 23.8 Å². The summed E-state index contributed by atoms with van der Waals surface area (Å²) in [5, 5.41) is 6.24. The Hall–Kier alpha value is -2.53. The van der Waals surface area contributed by atoms with E-state index in [1.165, 1.54) is 15.6 Å². The molecule has 0 bridgehead atoms. The fourth-order valence-corrected chi connectivity index (χ4v) is 3.89. The lowest BCUT2D eigenvalue weighted by molar-refractivity contribution is -0.120. The highest BCUT2D eigenvalue weighted by Gasteiger charge is 2.11. The Kier molecular flexibility index (Phi) is 6.01. The average molecular weight is 384 g/mol. The summed E-state index contributed by atoms with van der Waals surface area (Å²) in [5.41, 5.74) is 3.26. The Balaban J connectivity index is 1.64. The molecule has 5 heteroatoms. The molecule has 0 saturated carbocycles. The van der Waals surface area contributed by atoms with Crippen LogP contribution in [0.1, 0.15) is 30.5 Å². The van der Waals surface area contributed by atoms with Crippen LogP contribution in [0, 0.1) is 6.92 Å². The van der Waals surface area contributed by atoms with E-state index in [2.05, 4.69) is 35.8 Å². The molecule has 2 aromatic carbocycles. The molecule has 1 aromatic heterocycles. The molecule has 3 aromatic rings. The van der Waals surface area contributed by atoms with Crippen molar-refractivity contribution in [2.45, 2.75) is 39.8 Å². The molecule has 0 unspecified atom stereocenters. The first-order chi connectivity index (χ1) is 13.0. The summed E-state index contributed by atoms with van der Waals surface area (Å²) in [6.07, 6.45) is 0.461. The highest BCUT2D eigenvalue weighted by Crippen LogP contribution is 2.29. The molecule has 0 aliphatic rings. The largest absolute Gasteiger partial charge is 0.493 e.